The topological polar surface area (TPSA) is 92.4 Å². The highest BCUT2D eigenvalue weighted by Gasteiger charge is 2.35. The van der Waals surface area contributed by atoms with Crippen LogP contribution in [0.4, 0.5) is 23.4 Å². The van der Waals surface area contributed by atoms with Gasteiger partial charge in [0.2, 0.25) is 0 Å². The number of alkyl halides is 3. The molecule has 8 nitrogen and oxygen atoms in total. The molecule has 0 bridgehead atoms. The van der Waals surface area contributed by atoms with Gasteiger partial charge in [0.15, 0.2) is 5.82 Å². The van der Waals surface area contributed by atoms with Gasteiger partial charge in [0.05, 0.1) is 28.5 Å². The van der Waals surface area contributed by atoms with E-state index in [0.29, 0.717) is 32.0 Å². The van der Waals surface area contributed by atoms with Crippen LogP contribution in [0.25, 0.3) is 10.8 Å². The first-order chi connectivity index (χ1) is 16.0. The summed E-state index contributed by atoms with van der Waals surface area (Å²) in [5, 5.41) is 18.9. The minimum absolute atomic E-state index is 0.0648. The quantitative estimate of drug-likeness (QED) is 0.557. The maximum absolute atomic E-state index is 14.7. The molecule has 3 aromatic rings. The molecule has 182 valence electrons. The summed E-state index contributed by atoms with van der Waals surface area (Å²) in [6, 6.07) is 3.25. The van der Waals surface area contributed by atoms with E-state index >= 15 is 0 Å². The van der Waals surface area contributed by atoms with Gasteiger partial charge in [-0.25, -0.2) is 13.7 Å². The summed E-state index contributed by atoms with van der Waals surface area (Å²) in [5.41, 5.74) is -2.58. The van der Waals surface area contributed by atoms with Crippen LogP contribution in [-0.4, -0.2) is 38.8 Å². The summed E-state index contributed by atoms with van der Waals surface area (Å²) >= 11 is 0. The molecule has 1 aromatic carbocycles. The number of aromatic nitrogens is 3. The molecule has 0 radical (unpaired) electrons. The molecule has 2 aromatic heterocycles. The first kappa shape index (κ1) is 23.7. The molecule has 0 amide bonds. The van der Waals surface area contributed by atoms with Crippen molar-refractivity contribution in [3.8, 4) is 0 Å². The van der Waals surface area contributed by atoms with Gasteiger partial charge in [0, 0.05) is 38.0 Å². The van der Waals surface area contributed by atoms with E-state index in [4.69, 9.17) is 0 Å². The van der Waals surface area contributed by atoms with Crippen molar-refractivity contribution in [3.63, 3.8) is 0 Å². The third-order valence-electron chi connectivity index (χ3n) is 5.96. The molecule has 1 atom stereocenters. The van der Waals surface area contributed by atoms with Gasteiger partial charge in [-0.3, -0.25) is 9.59 Å². The van der Waals surface area contributed by atoms with Gasteiger partial charge in [-0.15, -0.1) is 0 Å². The molecule has 2 N–H and O–H groups in total. The second-order valence-electron chi connectivity index (χ2n) is 8.32. The number of piperidine rings is 1. The molecule has 4 rings (SSSR count). The summed E-state index contributed by atoms with van der Waals surface area (Å²) in [7, 11) is 1.38. The Bertz CT molecular complexity index is 1340. The zero-order chi connectivity index (χ0) is 24.8. The van der Waals surface area contributed by atoms with E-state index in [1.165, 1.54) is 37.0 Å². The lowest BCUT2D eigenvalue weighted by molar-refractivity contribution is -0.140. The Hall–Kier alpha value is -3.41. The number of hydrogen-bond acceptors (Lipinski definition) is 6. The number of anilines is 1. The summed E-state index contributed by atoms with van der Waals surface area (Å²) in [4.78, 5) is 25.3. The van der Waals surface area contributed by atoms with E-state index in [-0.39, 0.29) is 22.2 Å². The number of halogens is 4. The number of aliphatic hydroxyl groups excluding tert-OH is 1. The molecule has 1 fully saturated rings. The van der Waals surface area contributed by atoms with Crippen molar-refractivity contribution in [1.29, 1.82) is 0 Å². The van der Waals surface area contributed by atoms with Gasteiger partial charge in [-0.2, -0.15) is 18.3 Å². The molecule has 12 heteroatoms. The lowest BCUT2D eigenvalue weighted by Gasteiger charge is -2.32. The number of benzene rings is 1. The molecular weight excluding hydrogens is 458 g/mol. The van der Waals surface area contributed by atoms with Crippen LogP contribution in [0.1, 0.15) is 36.9 Å². The fourth-order valence-electron chi connectivity index (χ4n) is 4.09. The average molecular weight is 481 g/mol. The van der Waals surface area contributed by atoms with Crippen LogP contribution in [-0.2, 0) is 13.2 Å². The molecule has 34 heavy (non-hydrogen) atoms. The van der Waals surface area contributed by atoms with Crippen LogP contribution in [0.3, 0.4) is 0 Å². The Balaban J connectivity index is 1.78. The molecule has 0 saturated carbocycles. The third kappa shape index (κ3) is 4.37. The highest BCUT2D eigenvalue weighted by atomic mass is 19.4. The Morgan fingerprint density at radius 3 is 2.50 bits per heavy atom. The van der Waals surface area contributed by atoms with Crippen molar-refractivity contribution < 1.29 is 22.7 Å². The number of aryl methyl sites for hydroxylation is 1. The van der Waals surface area contributed by atoms with Gasteiger partial charge >= 0.3 is 6.18 Å². The van der Waals surface area contributed by atoms with E-state index in [9.17, 15) is 32.3 Å². The average Bonchev–Trinajstić information content (AvgIpc) is 2.77. The summed E-state index contributed by atoms with van der Waals surface area (Å²) in [6.45, 7) is 2.30. The molecule has 1 aliphatic heterocycles. The van der Waals surface area contributed by atoms with Crippen LogP contribution >= 0.6 is 0 Å². The van der Waals surface area contributed by atoms with Crippen LogP contribution in [0.5, 0.6) is 0 Å². The van der Waals surface area contributed by atoms with Crippen molar-refractivity contribution >= 4 is 16.6 Å². The predicted molar refractivity (Wildman–Crippen MR) is 118 cm³/mol. The Morgan fingerprint density at radius 2 is 1.85 bits per heavy atom. The molecule has 1 saturated heterocycles. The van der Waals surface area contributed by atoms with Crippen molar-refractivity contribution in [2.75, 3.05) is 23.4 Å². The van der Waals surface area contributed by atoms with Gasteiger partial charge in [-0.05, 0) is 25.8 Å². The number of fused-ring (bicyclic) bond motifs is 1. The normalized spacial score (nSPS) is 16.1. The van der Waals surface area contributed by atoms with Gasteiger partial charge < -0.3 is 15.4 Å². The number of aliphatic hydroxyl groups is 1. The minimum atomic E-state index is -4.85. The Morgan fingerprint density at radius 1 is 1.18 bits per heavy atom. The first-order valence-electron chi connectivity index (χ1n) is 10.7. The largest absolute Gasteiger partial charge is 0.419 e. The number of nitrogens with zero attached hydrogens (tertiary/aromatic N) is 4. The van der Waals surface area contributed by atoms with E-state index in [1.807, 2.05) is 0 Å². The predicted octanol–water partition coefficient (Wildman–Crippen LogP) is 2.52. The smallest absolute Gasteiger partial charge is 0.393 e. The zero-order valence-electron chi connectivity index (χ0n) is 18.4. The van der Waals surface area contributed by atoms with E-state index in [1.54, 1.807) is 5.01 Å². The number of hydrogen-bond donors (Lipinski definition) is 2. The van der Waals surface area contributed by atoms with Crippen molar-refractivity contribution in [2.24, 2.45) is 7.05 Å². The van der Waals surface area contributed by atoms with Crippen LogP contribution in [0, 0.1) is 5.82 Å². The van der Waals surface area contributed by atoms with Crippen molar-refractivity contribution in [1.82, 2.24) is 14.5 Å². The highest BCUT2D eigenvalue weighted by molar-refractivity contribution is 5.90. The van der Waals surface area contributed by atoms with Crippen LogP contribution < -0.4 is 21.4 Å². The second-order valence-corrected chi connectivity index (χ2v) is 8.32. The Kier molecular flexibility index (Phi) is 6.11. The number of pyridine rings is 1. The SMILES string of the molecule is C[C@@H](Nc1nn(C)c(=O)c2cc(=O)n(N3CCC(O)CC3)cc12)c1cccc(C(F)(F)F)c1F. The summed E-state index contributed by atoms with van der Waals surface area (Å²) in [5.74, 6) is -1.29. The molecule has 3 heterocycles. The fraction of sp³-hybridized carbons (Fsp3) is 0.409. The zero-order valence-corrected chi connectivity index (χ0v) is 18.4. The van der Waals surface area contributed by atoms with E-state index in [2.05, 4.69) is 10.4 Å². The fourth-order valence-corrected chi connectivity index (χ4v) is 4.09. The van der Waals surface area contributed by atoms with E-state index < -0.39 is 40.8 Å². The molecule has 0 aliphatic carbocycles. The second kappa shape index (κ2) is 8.75. The minimum Gasteiger partial charge on any atom is -0.393 e. The molecule has 0 spiro atoms. The molecular formula is C22H23F4N5O3. The maximum atomic E-state index is 14.7. The summed E-state index contributed by atoms with van der Waals surface area (Å²) in [6.07, 6.45) is -2.94. The van der Waals surface area contributed by atoms with Crippen LogP contribution in [0.15, 0.2) is 40.1 Å². The van der Waals surface area contributed by atoms with Gasteiger partial charge in [0.25, 0.3) is 11.1 Å². The first-order valence-corrected chi connectivity index (χ1v) is 10.7. The highest BCUT2D eigenvalue weighted by Crippen LogP contribution is 2.34. The van der Waals surface area contributed by atoms with Crippen molar-refractivity contribution in [2.45, 2.75) is 38.1 Å². The maximum Gasteiger partial charge on any atom is 0.419 e. The molecule has 0 unspecified atom stereocenters. The lowest BCUT2D eigenvalue weighted by Crippen LogP contribution is -2.47. The van der Waals surface area contributed by atoms with Crippen LogP contribution in [0.2, 0.25) is 0 Å². The van der Waals surface area contributed by atoms with Gasteiger partial charge in [0.1, 0.15) is 5.82 Å². The number of nitrogens with one attached hydrogen (secondary N) is 1. The monoisotopic (exact) mass is 481 g/mol. The van der Waals surface area contributed by atoms with E-state index in [0.717, 1.165) is 10.7 Å². The summed E-state index contributed by atoms with van der Waals surface area (Å²) < 4.78 is 56.4. The Labute approximate surface area is 191 Å². The third-order valence-corrected chi connectivity index (χ3v) is 5.96. The van der Waals surface area contributed by atoms with Gasteiger partial charge in [-0.1, -0.05) is 12.1 Å². The van der Waals surface area contributed by atoms with Crippen molar-refractivity contribution in [3.05, 3.63) is 68.1 Å². The standard InChI is InChI=1S/C22H23F4N5O3/c1-12(14-4-3-5-17(19(14)23)22(24,25)26)27-20-16-11-31(30-8-6-13(32)7-9-30)18(33)10-15(16)21(34)29(2)28-20/h3-5,10-13,32H,6-9H2,1-2H3,(H,27,28)/t12-/m1/s1. The number of rotatable bonds is 4. The molecule has 1 aliphatic rings. The lowest BCUT2D eigenvalue weighted by atomic mass is 10.0.